The van der Waals surface area contributed by atoms with Crippen LogP contribution in [0.15, 0.2) is 71.6 Å². The quantitative estimate of drug-likeness (QED) is 0.152. The molecule has 1 aliphatic rings. The molecule has 7 nitrogen and oxygen atoms in total. The van der Waals surface area contributed by atoms with Crippen LogP contribution in [-0.2, 0) is 23.3 Å². The molecule has 0 saturated carbocycles. The number of thiazole rings is 1. The maximum absolute atomic E-state index is 13.2. The largest absolute Gasteiger partial charge is 0.497 e. The Balaban J connectivity index is 1.34. The number of benzene rings is 3. The predicted octanol–water partition coefficient (Wildman–Crippen LogP) is 8.04. The Bertz CT molecular complexity index is 1640. The minimum Gasteiger partial charge on any atom is -0.497 e. The number of anilines is 1. The van der Waals surface area contributed by atoms with Crippen LogP contribution in [0.25, 0.3) is 10.6 Å². The second kappa shape index (κ2) is 14.8. The van der Waals surface area contributed by atoms with Gasteiger partial charge in [-0.2, -0.15) is 13.2 Å². The molecule has 4 aromatic rings. The highest BCUT2D eigenvalue weighted by Crippen LogP contribution is 2.38. The van der Waals surface area contributed by atoms with Gasteiger partial charge in [-0.15, -0.1) is 23.1 Å². The molecule has 0 atom stereocenters. The van der Waals surface area contributed by atoms with E-state index in [0.29, 0.717) is 28.6 Å². The van der Waals surface area contributed by atoms with Gasteiger partial charge in [0.15, 0.2) is 6.61 Å². The number of aliphatic carboxylic acids is 1. The maximum atomic E-state index is 13.2. The van der Waals surface area contributed by atoms with Gasteiger partial charge in [0.25, 0.3) is 0 Å². The fraction of sp³-hybridized carbons (Fsp3) is 0.353. The number of ether oxygens (including phenoxy) is 2. The number of piperazine rings is 1. The summed E-state index contributed by atoms with van der Waals surface area (Å²) in [5, 5.41) is 9.73. The summed E-state index contributed by atoms with van der Waals surface area (Å²) in [7, 11) is 1.66. The van der Waals surface area contributed by atoms with Crippen LogP contribution in [0.5, 0.6) is 11.5 Å². The van der Waals surface area contributed by atoms with Gasteiger partial charge in [-0.25, -0.2) is 9.78 Å². The highest BCUT2D eigenvalue weighted by Gasteiger charge is 2.30. The summed E-state index contributed by atoms with van der Waals surface area (Å²) in [5.74, 6) is 1.10. The molecule has 0 unspecified atom stereocenters. The van der Waals surface area contributed by atoms with Gasteiger partial charge >= 0.3 is 12.1 Å². The Morgan fingerprint density at radius 3 is 2.43 bits per heavy atom. The van der Waals surface area contributed by atoms with Crippen LogP contribution in [0.4, 0.5) is 18.9 Å². The third-order valence-corrected chi connectivity index (χ3v) is 10.1. The number of hydrogen-bond acceptors (Lipinski definition) is 8. The minimum absolute atomic E-state index is 0.130. The first-order chi connectivity index (χ1) is 22.0. The molecule has 1 fully saturated rings. The molecule has 0 amide bonds. The molecule has 12 heteroatoms. The van der Waals surface area contributed by atoms with Crippen molar-refractivity contribution in [3.63, 3.8) is 0 Å². The number of thioether (sulfide) groups is 1. The van der Waals surface area contributed by atoms with Crippen LogP contribution in [0.3, 0.4) is 0 Å². The number of carboxylic acids is 1. The average molecular weight is 672 g/mol. The van der Waals surface area contributed by atoms with Gasteiger partial charge < -0.3 is 19.5 Å². The lowest BCUT2D eigenvalue weighted by Crippen LogP contribution is -2.46. The second-order valence-electron chi connectivity index (χ2n) is 11.3. The molecule has 3 aromatic carbocycles. The lowest BCUT2D eigenvalue weighted by atomic mass is 10.0. The second-order valence-corrected chi connectivity index (χ2v) is 13.4. The van der Waals surface area contributed by atoms with Gasteiger partial charge in [-0.05, 0) is 53.9 Å². The monoisotopic (exact) mass is 671 g/mol. The van der Waals surface area contributed by atoms with E-state index in [4.69, 9.17) is 19.6 Å². The number of halogens is 3. The topological polar surface area (TPSA) is 75.1 Å². The van der Waals surface area contributed by atoms with Crippen molar-refractivity contribution >= 4 is 34.8 Å². The Morgan fingerprint density at radius 2 is 1.78 bits per heavy atom. The molecular formula is C34H36F3N3O4S2. The maximum Gasteiger partial charge on any atom is 0.416 e. The van der Waals surface area contributed by atoms with Crippen LogP contribution in [0.2, 0.25) is 0 Å². The van der Waals surface area contributed by atoms with E-state index in [9.17, 15) is 18.0 Å². The lowest BCUT2D eigenvalue weighted by molar-refractivity contribution is -0.139. The van der Waals surface area contributed by atoms with Gasteiger partial charge in [-0.3, -0.25) is 4.90 Å². The first kappa shape index (κ1) is 33.6. The molecule has 1 aromatic heterocycles. The van der Waals surface area contributed by atoms with Crippen LogP contribution in [-0.4, -0.2) is 60.9 Å². The molecule has 1 aliphatic heterocycles. The number of alkyl halides is 3. The summed E-state index contributed by atoms with van der Waals surface area (Å²) >= 11 is 3.15. The number of hydrogen-bond donors (Lipinski definition) is 1. The molecule has 46 heavy (non-hydrogen) atoms. The van der Waals surface area contributed by atoms with E-state index in [-0.39, 0.29) is 5.92 Å². The lowest BCUT2D eigenvalue weighted by Gasteiger charge is -2.36. The zero-order valence-corrected chi connectivity index (χ0v) is 27.5. The molecule has 1 saturated heterocycles. The predicted molar refractivity (Wildman–Crippen MR) is 176 cm³/mol. The molecule has 0 aliphatic carbocycles. The number of carbonyl (C=O) groups is 1. The van der Waals surface area contributed by atoms with Crippen molar-refractivity contribution < 1.29 is 32.5 Å². The van der Waals surface area contributed by atoms with E-state index in [0.717, 1.165) is 70.8 Å². The highest BCUT2D eigenvalue weighted by molar-refractivity contribution is 7.98. The van der Waals surface area contributed by atoms with Crippen molar-refractivity contribution in [2.45, 2.75) is 43.1 Å². The minimum atomic E-state index is -4.40. The molecule has 5 rings (SSSR count). The SMILES string of the molecule is COc1cccc(N2CCN(Cc3nc(-c4ccc(C(F)(F)F)cc4)sc3CSc3ccc(OCC(=O)O)c(C(C)C)c3)CC2)c1. The first-order valence-corrected chi connectivity index (χ1v) is 16.7. The fourth-order valence-corrected chi connectivity index (χ4v) is 7.34. The van der Waals surface area contributed by atoms with Crippen LogP contribution < -0.4 is 14.4 Å². The molecule has 0 spiro atoms. The van der Waals surface area contributed by atoms with Crippen molar-refractivity contribution in [1.29, 1.82) is 0 Å². The molecule has 0 radical (unpaired) electrons. The summed E-state index contributed by atoms with van der Waals surface area (Å²) in [4.78, 5) is 22.8. The van der Waals surface area contributed by atoms with E-state index < -0.39 is 24.3 Å². The Morgan fingerprint density at radius 1 is 1.04 bits per heavy atom. The van der Waals surface area contributed by atoms with E-state index >= 15 is 0 Å². The Labute approximate surface area is 275 Å². The molecule has 1 N–H and O–H groups in total. The summed E-state index contributed by atoms with van der Waals surface area (Å²) in [6.07, 6.45) is -4.40. The fourth-order valence-electron chi connectivity index (χ4n) is 5.22. The highest BCUT2D eigenvalue weighted by atomic mass is 32.2. The number of nitrogens with zero attached hydrogens (tertiary/aromatic N) is 3. The van der Waals surface area contributed by atoms with Gasteiger partial charge in [0.2, 0.25) is 0 Å². The van der Waals surface area contributed by atoms with Gasteiger partial charge in [0.05, 0.1) is 18.4 Å². The number of aromatic nitrogens is 1. The van der Waals surface area contributed by atoms with E-state index in [1.165, 1.54) is 23.5 Å². The van der Waals surface area contributed by atoms with E-state index in [2.05, 4.69) is 15.9 Å². The third-order valence-electron chi connectivity index (χ3n) is 7.73. The zero-order chi connectivity index (χ0) is 32.8. The molecule has 0 bridgehead atoms. The first-order valence-electron chi connectivity index (χ1n) is 14.9. The summed E-state index contributed by atoms with van der Waals surface area (Å²) in [5.41, 5.74) is 2.94. The van der Waals surface area contributed by atoms with Crippen molar-refractivity contribution in [2.24, 2.45) is 0 Å². The van der Waals surface area contributed by atoms with Crippen LogP contribution in [0, 0.1) is 0 Å². The van der Waals surface area contributed by atoms with Crippen molar-refractivity contribution in [1.82, 2.24) is 9.88 Å². The zero-order valence-electron chi connectivity index (χ0n) is 25.8. The normalized spacial score (nSPS) is 14.1. The van der Waals surface area contributed by atoms with Crippen LogP contribution in [0.1, 0.15) is 41.5 Å². The summed E-state index contributed by atoms with van der Waals surface area (Å²) < 4.78 is 50.5. The number of methoxy groups -OCH3 is 1. The number of carboxylic acid groups (broad SMARTS) is 1. The van der Waals surface area contributed by atoms with Crippen LogP contribution >= 0.6 is 23.1 Å². The van der Waals surface area contributed by atoms with E-state index in [1.54, 1.807) is 18.9 Å². The van der Waals surface area contributed by atoms with Gasteiger partial charge in [-0.1, -0.05) is 32.0 Å². The van der Waals surface area contributed by atoms with Crippen molar-refractivity contribution in [2.75, 3.05) is 44.8 Å². The number of rotatable bonds is 12. The average Bonchev–Trinajstić information content (AvgIpc) is 3.45. The molecule has 244 valence electrons. The standard InChI is InChI=1S/C34H36F3N3O4S2/c1-22(2)28-18-27(11-12-30(28)44-20-32(41)42)45-21-31-29(38-33(46-31)23-7-9-24(10-8-23)34(35,36)37)19-39-13-15-40(16-14-39)25-5-4-6-26(17-25)43-3/h4-12,17-18,22H,13-16,19-21H2,1-3H3,(H,41,42). The third kappa shape index (κ3) is 8.54. The van der Waals surface area contributed by atoms with Gasteiger partial charge in [0.1, 0.15) is 16.5 Å². The summed E-state index contributed by atoms with van der Waals surface area (Å²) in [6.45, 7) is 7.67. The Kier molecular flexibility index (Phi) is 10.8. The molecular weight excluding hydrogens is 636 g/mol. The Hall–Kier alpha value is -3.74. The summed E-state index contributed by atoms with van der Waals surface area (Å²) in [6, 6.07) is 19.0. The van der Waals surface area contributed by atoms with Crippen molar-refractivity contribution in [3.05, 3.63) is 88.4 Å². The molecule has 2 heterocycles. The van der Waals surface area contributed by atoms with E-state index in [1.807, 2.05) is 50.2 Å². The van der Waals surface area contributed by atoms with Gasteiger partial charge in [0, 0.05) is 65.6 Å². The smallest absolute Gasteiger partial charge is 0.416 e. The van der Waals surface area contributed by atoms with Crippen molar-refractivity contribution in [3.8, 4) is 22.1 Å².